The van der Waals surface area contributed by atoms with Crippen molar-refractivity contribution < 1.29 is 27.8 Å². The lowest BCUT2D eigenvalue weighted by Crippen LogP contribution is -2.48. The fraction of sp³-hybridized carbons (Fsp3) is 0.696. The average Bonchev–Trinajstić information content (AvgIpc) is 3.25. The van der Waals surface area contributed by atoms with Crippen LogP contribution in [0.4, 0.5) is 4.79 Å². The van der Waals surface area contributed by atoms with E-state index in [1.165, 1.54) is 0 Å². The number of rotatable bonds is 3. The molecule has 3 aliphatic rings. The van der Waals surface area contributed by atoms with Crippen LogP contribution in [-0.2, 0) is 14.8 Å². The summed E-state index contributed by atoms with van der Waals surface area (Å²) in [6.07, 6.45) is 1.24. The molecule has 0 saturated carbocycles. The fourth-order valence-electron chi connectivity index (χ4n) is 4.91. The van der Waals surface area contributed by atoms with Crippen molar-refractivity contribution >= 4 is 16.1 Å². The third-order valence-corrected chi connectivity index (χ3v) is 8.32. The van der Waals surface area contributed by atoms with Crippen LogP contribution in [-0.4, -0.2) is 101 Å². The molecule has 2 saturated heterocycles. The van der Waals surface area contributed by atoms with Gasteiger partial charge in [0.05, 0.1) is 18.7 Å². The normalized spacial score (nSPS) is 28.3. The van der Waals surface area contributed by atoms with E-state index in [0.717, 1.165) is 24.8 Å². The molecule has 1 aromatic carbocycles. The number of carbonyl (C=O) groups excluding carboxylic acids is 1. The molecule has 0 bridgehead atoms. The number of likely N-dealkylation sites (N-methyl/N-ethyl adjacent to an activating group) is 1. The monoisotopic (exact) mass is 496 g/mol. The van der Waals surface area contributed by atoms with Crippen LogP contribution in [0, 0.1) is 0 Å². The van der Waals surface area contributed by atoms with E-state index in [1.54, 1.807) is 11.0 Å². The van der Waals surface area contributed by atoms with Gasteiger partial charge in [0.1, 0.15) is 16.7 Å². The summed E-state index contributed by atoms with van der Waals surface area (Å²) in [6.45, 7) is 4.84. The number of amides is 2. The molecule has 0 spiro atoms. The van der Waals surface area contributed by atoms with Crippen LogP contribution < -0.4 is 14.8 Å². The summed E-state index contributed by atoms with van der Waals surface area (Å²) < 4.78 is 40.6. The van der Waals surface area contributed by atoms with Crippen molar-refractivity contribution in [3.05, 3.63) is 23.8 Å². The lowest BCUT2D eigenvalue weighted by molar-refractivity contribution is 0.0710. The van der Waals surface area contributed by atoms with Crippen molar-refractivity contribution in [3.63, 3.8) is 0 Å². The standard InChI is InChI=1S/C23H36N4O6S/c1-3-8-24-23(29)27-14-19-21(15-27)33-20-11-17(16-6-9-32-10-7-16)4-5-22(20)34(30,31)25-12-18(28)13-26(19)2/h4-5,11,16,18-19,21,25,28H,3,6-10,12-15H2,1-2H3,(H,24,29)/t18-,19+,21-/m0/s1. The maximum Gasteiger partial charge on any atom is 0.317 e. The summed E-state index contributed by atoms with van der Waals surface area (Å²) in [5.74, 6) is 0.559. The lowest BCUT2D eigenvalue weighted by Gasteiger charge is -2.30. The van der Waals surface area contributed by atoms with Crippen LogP contribution >= 0.6 is 0 Å². The van der Waals surface area contributed by atoms with Crippen molar-refractivity contribution in [1.82, 2.24) is 19.8 Å². The van der Waals surface area contributed by atoms with Crippen LogP contribution in [0.3, 0.4) is 0 Å². The average molecular weight is 497 g/mol. The number of aliphatic hydroxyl groups excluding tert-OH is 1. The minimum absolute atomic E-state index is 0.0488. The lowest BCUT2D eigenvalue weighted by atomic mass is 9.92. The second kappa shape index (κ2) is 10.8. The molecule has 34 heavy (non-hydrogen) atoms. The summed E-state index contributed by atoms with van der Waals surface area (Å²) in [6, 6.07) is 4.91. The van der Waals surface area contributed by atoms with Gasteiger partial charge in [0.2, 0.25) is 10.0 Å². The highest BCUT2D eigenvalue weighted by molar-refractivity contribution is 7.89. The molecule has 10 nitrogen and oxygen atoms in total. The predicted molar refractivity (Wildman–Crippen MR) is 127 cm³/mol. The number of benzene rings is 1. The maximum absolute atomic E-state index is 13.1. The Morgan fingerprint density at radius 1 is 1.24 bits per heavy atom. The van der Waals surface area contributed by atoms with Crippen molar-refractivity contribution in [2.75, 3.05) is 53.0 Å². The highest BCUT2D eigenvalue weighted by Gasteiger charge is 2.41. The molecule has 3 aliphatic heterocycles. The molecule has 4 rings (SSSR count). The molecule has 3 atom stereocenters. The Morgan fingerprint density at radius 3 is 2.74 bits per heavy atom. The van der Waals surface area contributed by atoms with E-state index in [-0.39, 0.29) is 41.7 Å². The van der Waals surface area contributed by atoms with E-state index in [0.29, 0.717) is 32.8 Å². The zero-order valence-corrected chi connectivity index (χ0v) is 20.7. The smallest absolute Gasteiger partial charge is 0.317 e. The number of likely N-dealkylation sites (tertiary alicyclic amines) is 1. The number of urea groups is 1. The summed E-state index contributed by atoms with van der Waals surface area (Å²) in [5, 5.41) is 13.4. The van der Waals surface area contributed by atoms with E-state index in [4.69, 9.17) is 9.47 Å². The van der Waals surface area contributed by atoms with Crippen LogP contribution in [0.15, 0.2) is 23.1 Å². The van der Waals surface area contributed by atoms with Gasteiger partial charge in [-0.15, -0.1) is 0 Å². The van der Waals surface area contributed by atoms with Gasteiger partial charge < -0.3 is 24.8 Å². The highest BCUT2D eigenvalue weighted by Crippen LogP contribution is 2.35. The largest absolute Gasteiger partial charge is 0.485 e. The molecule has 0 aromatic heterocycles. The van der Waals surface area contributed by atoms with Crippen molar-refractivity contribution in [1.29, 1.82) is 0 Å². The van der Waals surface area contributed by atoms with Crippen LogP contribution in [0.2, 0.25) is 0 Å². The second-order valence-corrected chi connectivity index (χ2v) is 11.1. The molecule has 3 heterocycles. The summed E-state index contributed by atoms with van der Waals surface area (Å²) in [5.41, 5.74) is 1.02. The Balaban J connectivity index is 1.68. The van der Waals surface area contributed by atoms with Gasteiger partial charge >= 0.3 is 6.03 Å². The van der Waals surface area contributed by atoms with Crippen molar-refractivity contribution in [3.8, 4) is 5.75 Å². The zero-order valence-electron chi connectivity index (χ0n) is 19.9. The van der Waals surface area contributed by atoms with Gasteiger partial charge in [-0.1, -0.05) is 13.0 Å². The number of nitrogens with one attached hydrogen (secondary N) is 2. The molecule has 0 unspecified atom stereocenters. The topological polar surface area (TPSA) is 120 Å². The number of carbonyl (C=O) groups is 1. The number of hydrogen-bond acceptors (Lipinski definition) is 7. The molecular formula is C23H36N4O6S. The van der Waals surface area contributed by atoms with E-state index >= 15 is 0 Å². The predicted octanol–water partition coefficient (Wildman–Crippen LogP) is 0.716. The Morgan fingerprint density at radius 2 is 2.00 bits per heavy atom. The molecule has 2 amide bonds. The molecule has 2 fully saturated rings. The number of hydrogen-bond donors (Lipinski definition) is 3. The van der Waals surface area contributed by atoms with Crippen LogP contribution in [0.5, 0.6) is 5.75 Å². The minimum atomic E-state index is -3.90. The molecule has 0 aliphatic carbocycles. The molecule has 1 aromatic rings. The summed E-state index contributed by atoms with van der Waals surface area (Å²) >= 11 is 0. The van der Waals surface area contributed by atoms with Gasteiger partial charge in [0.15, 0.2) is 0 Å². The van der Waals surface area contributed by atoms with Crippen molar-refractivity contribution in [2.24, 2.45) is 0 Å². The highest BCUT2D eigenvalue weighted by atomic mass is 32.2. The van der Waals surface area contributed by atoms with Crippen LogP contribution in [0.1, 0.15) is 37.7 Å². The van der Waals surface area contributed by atoms with Crippen molar-refractivity contribution in [2.45, 2.75) is 55.2 Å². The number of β-amino-alcohol motifs (C(OH)–C–C–N with tert-alkyl or cyclic N) is 1. The molecular weight excluding hydrogens is 460 g/mol. The summed E-state index contributed by atoms with van der Waals surface area (Å²) in [4.78, 5) is 16.4. The zero-order chi connectivity index (χ0) is 24.3. The van der Waals surface area contributed by atoms with Gasteiger partial charge in [-0.2, -0.15) is 0 Å². The van der Waals surface area contributed by atoms with E-state index in [1.807, 2.05) is 31.0 Å². The van der Waals surface area contributed by atoms with Gasteiger partial charge in [0, 0.05) is 39.4 Å². The molecule has 0 radical (unpaired) electrons. The van der Waals surface area contributed by atoms with Gasteiger partial charge in [0.25, 0.3) is 0 Å². The van der Waals surface area contributed by atoms with Gasteiger partial charge in [-0.3, -0.25) is 4.90 Å². The summed E-state index contributed by atoms with van der Waals surface area (Å²) in [7, 11) is -2.03. The Bertz CT molecular complexity index is 968. The minimum Gasteiger partial charge on any atom is -0.485 e. The number of sulfonamides is 1. The first kappa shape index (κ1) is 25.2. The Labute approximate surface area is 201 Å². The van der Waals surface area contributed by atoms with Crippen LogP contribution in [0.25, 0.3) is 0 Å². The third kappa shape index (κ3) is 5.65. The SMILES string of the molecule is CCCNC(=O)N1C[C@@H]2Oc3cc(C4CCOCC4)ccc3S(=O)(=O)NC[C@H](O)CN(C)[C@@H]2C1. The van der Waals surface area contributed by atoms with E-state index in [9.17, 15) is 18.3 Å². The fourth-order valence-corrected chi connectivity index (χ4v) is 6.09. The van der Waals surface area contributed by atoms with Gasteiger partial charge in [-0.25, -0.2) is 17.9 Å². The molecule has 11 heteroatoms. The first-order valence-electron chi connectivity index (χ1n) is 12.1. The number of ether oxygens (including phenoxy) is 2. The maximum atomic E-state index is 13.1. The van der Waals surface area contributed by atoms with E-state index < -0.39 is 22.2 Å². The second-order valence-electron chi connectivity index (χ2n) is 9.40. The molecule has 3 N–H and O–H groups in total. The number of fused-ring (bicyclic) bond motifs is 2. The first-order valence-corrected chi connectivity index (χ1v) is 13.6. The Hall–Kier alpha value is -1.92. The Kier molecular flexibility index (Phi) is 7.98. The van der Waals surface area contributed by atoms with E-state index in [2.05, 4.69) is 10.0 Å². The third-order valence-electron chi connectivity index (χ3n) is 6.85. The van der Waals surface area contributed by atoms with Gasteiger partial charge in [-0.05, 0) is 49.9 Å². The molecule has 190 valence electrons. The number of nitrogens with zero attached hydrogens (tertiary/aromatic N) is 2. The number of aliphatic hydroxyl groups is 1. The first-order chi connectivity index (χ1) is 16.3. The quantitative estimate of drug-likeness (QED) is 0.564.